The second kappa shape index (κ2) is 11.0. The van der Waals surface area contributed by atoms with Crippen molar-refractivity contribution in [1.82, 2.24) is 4.98 Å². The van der Waals surface area contributed by atoms with E-state index in [2.05, 4.69) is 84.2 Å². The molecule has 3 aliphatic rings. The van der Waals surface area contributed by atoms with E-state index in [0.29, 0.717) is 25.7 Å². The molecule has 1 fully saturated rings. The summed E-state index contributed by atoms with van der Waals surface area (Å²) >= 11 is 2.38. The molecule has 43 heavy (non-hydrogen) atoms. The molecule has 238 valence electrons. The third-order valence-corrected chi connectivity index (χ3v) is 15.7. The van der Waals surface area contributed by atoms with Gasteiger partial charge in [-0.1, -0.05) is 77.1 Å². The van der Waals surface area contributed by atoms with Gasteiger partial charge in [0.25, 0.3) is 0 Å². The molecule has 3 heterocycles. The van der Waals surface area contributed by atoms with Crippen LogP contribution in [0.4, 0.5) is 17.6 Å². The topological polar surface area (TPSA) is 40.6 Å². The van der Waals surface area contributed by atoms with Crippen LogP contribution >= 0.6 is 22.6 Å². The van der Waals surface area contributed by atoms with Gasteiger partial charge in [-0.05, 0) is 54.4 Å². The summed E-state index contributed by atoms with van der Waals surface area (Å²) in [5.74, 6) is -0.947. The highest BCUT2D eigenvalue weighted by Crippen LogP contribution is 2.60. The lowest BCUT2D eigenvalue weighted by Gasteiger charge is -2.47. The van der Waals surface area contributed by atoms with Crippen molar-refractivity contribution in [3.8, 4) is 0 Å². The number of alkyl halides is 4. The van der Waals surface area contributed by atoms with E-state index < -0.39 is 37.6 Å². The molecule has 2 aromatic rings. The van der Waals surface area contributed by atoms with Crippen LogP contribution in [-0.4, -0.2) is 30.4 Å². The number of halogens is 5. The third-order valence-electron chi connectivity index (χ3n) is 9.89. The molecular weight excluding hydrogens is 689 g/mol. The smallest absolute Gasteiger partial charge is 0.410 e. The number of pyridine rings is 1. The maximum Gasteiger partial charge on any atom is 0.416 e. The molecule has 1 aliphatic carbocycles. The van der Waals surface area contributed by atoms with Gasteiger partial charge in [0.15, 0.2) is 8.32 Å². The first-order valence-corrected chi connectivity index (χ1v) is 19.3. The van der Waals surface area contributed by atoms with Gasteiger partial charge in [0.05, 0.1) is 22.2 Å². The predicted molar refractivity (Wildman–Crippen MR) is 171 cm³/mol. The van der Waals surface area contributed by atoms with Crippen LogP contribution in [-0.2, 0) is 32.1 Å². The van der Waals surface area contributed by atoms with Crippen molar-refractivity contribution < 1.29 is 31.5 Å². The number of aromatic nitrogens is 1. The molecule has 10 heteroatoms. The van der Waals surface area contributed by atoms with Gasteiger partial charge in [0.2, 0.25) is 0 Å². The monoisotopic (exact) mass is 733 g/mol. The lowest BCUT2D eigenvalue weighted by Crippen LogP contribution is -2.47. The van der Waals surface area contributed by atoms with Gasteiger partial charge in [-0.2, -0.15) is 13.2 Å². The van der Waals surface area contributed by atoms with Gasteiger partial charge in [-0.3, -0.25) is 4.98 Å². The molecule has 1 aromatic heterocycles. The van der Waals surface area contributed by atoms with Crippen molar-refractivity contribution in [3.63, 3.8) is 0 Å². The fourth-order valence-corrected chi connectivity index (χ4v) is 8.96. The van der Waals surface area contributed by atoms with Crippen LogP contribution in [0.15, 0.2) is 18.2 Å². The van der Waals surface area contributed by atoms with Gasteiger partial charge in [0, 0.05) is 46.7 Å². The van der Waals surface area contributed by atoms with Crippen molar-refractivity contribution in [2.45, 2.75) is 120 Å². The summed E-state index contributed by atoms with van der Waals surface area (Å²) in [7, 11) is -2.25. The largest absolute Gasteiger partial charge is 0.416 e. The van der Waals surface area contributed by atoms with Crippen molar-refractivity contribution in [2.75, 3.05) is 13.2 Å². The average molecular weight is 734 g/mol. The van der Waals surface area contributed by atoms with Gasteiger partial charge in [-0.15, -0.1) is 0 Å². The van der Waals surface area contributed by atoms with Crippen LogP contribution in [0, 0.1) is 11.2 Å². The van der Waals surface area contributed by atoms with E-state index in [1.807, 2.05) is 0 Å². The molecule has 0 bridgehead atoms. The minimum Gasteiger partial charge on any atom is -0.410 e. The van der Waals surface area contributed by atoms with Gasteiger partial charge >= 0.3 is 6.18 Å². The SMILES string of the molecule is CC(C)c1nc2c(c3c1[C@@H](c1ccc(C(F)(F)F)cc1F)OC31CCOCC1I)C(O[Si](C)(C)C(C)(C)C)CC(C)(C)C2. The fraction of sp³-hybridized carbons (Fsp3) is 0.667. The van der Waals surface area contributed by atoms with E-state index in [4.69, 9.17) is 18.9 Å². The van der Waals surface area contributed by atoms with Crippen LogP contribution in [0.1, 0.15) is 119 Å². The Kier molecular flexibility index (Phi) is 8.53. The van der Waals surface area contributed by atoms with E-state index in [-0.39, 0.29) is 32.0 Å². The highest BCUT2D eigenvalue weighted by atomic mass is 127. The number of rotatable bonds is 4. The first-order chi connectivity index (χ1) is 19.7. The summed E-state index contributed by atoms with van der Waals surface area (Å²) in [5, 5.41) is -0.0201. The van der Waals surface area contributed by atoms with E-state index in [1.165, 1.54) is 6.07 Å². The number of nitrogens with zero attached hydrogens (tertiary/aromatic N) is 1. The first-order valence-electron chi connectivity index (χ1n) is 15.2. The summed E-state index contributed by atoms with van der Waals surface area (Å²) in [4.78, 5) is 5.31. The Morgan fingerprint density at radius 1 is 1.12 bits per heavy atom. The van der Waals surface area contributed by atoms with E-state index >= 15 is 4.39 Å². The van der Waals surface area contributed by atoms with Crippen molar-refractivity contribution in [3.05, 3.63) is 63.2 Å². The Morgan fingerprint density at radius 3 is 2.35 bits per heavy atom. The summed E-state index contributed by atoms with van der Waals surface area (Å²) in [6.45, 7) is 20.7. The average Bonchev–Trinajstić information content (AvgIpc) is 3.18. The minimum absolute atomic E-state index is 0.0184. The van der Waals surface area contributed by atoms with Gasteiger partial charge in [0.1, 0.15) is 17.5 Å². The number of benzene rings is 1. The maximum atomic E-state index is 15.7. The summed E-state index contributed by atoms with van der Waals surface area (Å²) < 4.78 is 76.3. The number of hydrogen-bond donors (Lipinski definition) is 0. The molecule has 1 aromatic carbocycles. The lowest BCUT2D eigenvalue weighted by atomic mass is 9.70. The number of fused-ring (bicyclic) bond motifs is 4. The van der Waals surface area contributed by atoms with Crippen molar-refractivity contribution >= 4 is 30.9 Å². The zero-order valence-electron chi connectivity index (χ0n) is 26.6. The summed E-state index contributed by atoms with van der Waals surface area (Å²) in [6.07, 6.45) is -3.65. The maximum absolute atomic E-state index is 15.7. The normalized spacial score (nSPS) is 27.5. The van der Waals surface area contributed by atoms with E-state index in [0.717, 1.165) is 47.0 Å². The second-order valence-corrected chi connectivity index (χ2v) is 21.4. The minimum atomic E-state index is -4.64. The van der Waals surface area contributed by atoms with Crippen LogP contribution in [0.3, 0.4) is 0 Å². The third kappa shape index (κ3) is 5.85. The quantitative estimate of drug-likeness (QED) is 0.136. The Labute approximate surface area is 267 Å². The predicted octanol–water partition coefficient (Wildman–Crippen LogP) is 9.94. The fourth-order valence-electron chi connectivity index (χ4n) is 6.67. The van der Waals surface area contributed by atoms with Crippen LogP contribution in [0.25, 0.3) is 0 Å². The standard InChI is InChI=1S/C33H44F4INO3Si/c1-18(2)28-26-27(25-22(39-28)15-31(6,7)16-23(25)42-43(8,9)30(3,4)5)32(12-13-40-17-24(32)38)41-29(26)20-11-10-19(14-21(20)34)33(35,36)37/h10-11,14,18,23-24,29H,12-13,15-17H2,1-9H3/t23?,24?,29-,32?/m1/s1. The number of ether oxygens (including phenoxy) is 2. The van der Waals surface area contributed by atoms with Crippen molar-refractivity contribution in [1.29, 1.82) is 0 Å². The van der Waals surface area contributed by atoms with Crippen molar-refractivity contribution in [2.24, 2.45) is 5.41 Å². The Bertz CT molecular complexity index is 1400. The molecular formula is C33H44F4INO3Si. The van der Waals surface area contributed by atoms with Gasteiger partial charge in [-0.25, -0.2) is 4.39 Å². The number of hydrogen-bond acceptors (Lipinski definition) is 4. The molecule has 0 N–H and O–H groups in total. The van der Waals surface area contributed by atoms with Gasteiger partial charge < -0.3 is 13.9 Å². The Hall–Kier alpha value is -1.08. The van der Waals surface area contributed by atoms with E-state index in [1.54, 1.807) is 0 Å². The molecule has 0 saturated carbocycles. The van der Waals surface area contributed by atoms with Crippen LogP contribution < -0.4 is 0 Å². The second-order valence-electron chi connectivity index (χ2n) is 15.1. The molecule has 0 amide bonds. The molecule has 0 radical (unpaired) electrons. The molecule has 2 aliphatic heterocycles. The lowest BCUT2D eigenvalue weighted by molar-refractivity contribution is -0.138. The highest BCUT2D eigenvalue weighted by Gasteiger charge is 2.57. The zero-order valence-corrected chi connectivity index (χ0v) is 29.8. The molecule has 3 unspecified atom stereocenters. The Balaban J connectivity index is 1.82. The summed E-state index contributed by atoms with van der Waals surface area (Å²) in [5.41, 5.74) is 2.86. The molecule has 1 spiro atoms. The Morgan fingerprint density at radius 2 is 1.79 bits per heavy atom. The molecule has 4 atom stereocenters. The molecule has 4 nitrogen and oxygen atoms in total. The summed E-state index contributed by atoms with van der Waals surface area (Å²) in [6, 6.07) is 2.77. The van der Waals surface area contributed by atoms with Crippen LogP contribution in [0.2, 0.25) is 18.1 Å². The first kappa shape index (κ1) is 33.3. The molecule has 1 saturated heterocycles. The molecule has 5 rings (SSSR count). The van der Waals surface area contributed by atoms with E-state index in [9.17, 15) is 13.2 Å². The zero-order chi connectivity index (χ0) is 31.9. The highest BCUT2D eigenvalue weighted by molar-refractivity contribution is 14.1. The van der Waals surface area contributed by atoms with Crippen LogP contribution in [0.5, 0.6) is 0 Å².